The maximum Gasteiger partial charge on any atom is 0.228 e. The maximum absolute atomic E-state index is 13.9. The Bertz CT molecular complexity index is 3300. The molecule has 0 saturated heterocycles. The molecule has 0 amide bonds. The topological polar surface area (TPSA) is 178 Å². The molecule has 2 heterocycles. The summed E-state index contributed by atoms with van der Waals surface area (Å²) in [6.07, 6.45) is 27.6. The Morgan fingerprint density at radius 3 is 1.27 bits per heavy atom. The van der Waals surface area contributed by atoms with E-state index in [-0.39, 0.29) is 48.1 Å². The smallest absolute Gasteiger partial charge is 0.228 e. The van der Waals surface area contributed by atoms with Crippen molar-refractivity contribution in [1.29, 1.82) is 0 Å². The second-order valence-electron chi connectivity index (χ2n) is 21.8. The molecule has 0 radical (unpaired) electrons. The Kier molecular flexibility index (Phi) is 27.4. The van der Waals surface area contributed by atoms with E-state index in [0.29, 0.717) is 47.4 Å². The van der Waals surface area contributed by atoms with Crippen LogP contribution in [0.3, 0.4) is 0 Å². The Labute approximate surface area is 507 Å². The van der Waals surface area contributed by atoms with Gasteiger partial charge >= 0.3 is 0 Å². The lowest BCUT2D eigenvalue weighted by Crippen LogP contribution is -2.10. The SMILES string of the molecule is CCCCCCCCCCC=Cc1cc(=O)c(OCc2ccccc2)c(-c2cc(OCc3ccccc3)c(OCc3ccccc3)c(OCc3ccccc3)c2)o1.CCCCCCCCCCCCc1cc(=O)c(O)c(-c2cc(O)c(O)c(O)c2)o1. The number of aromatic hydroxyl groups is 4. The molecule has 0 bridgehead atoms. The number of allylic oxidation sites excluding steroid dienone is 1. The lowest BCUT2D eigenvalue weighted by molar-refractivity contribution is 0.230. The fraction of sp³-hybridized carbons (Fsp3) is 0.351. The highest BCUT2D eigenvalue weighted by atomic mass is 16.5. The number of phenols is 3. The average molecular weight is 1170 g/mol. The lowest BCUT2D eigenvalue weighted by Gasteiger charge is -2.20. The van der Waals surface area contributed by atoms with Crippen molar-refractivity contribution in [3.8, 4) is 68.6 Å². The minimum atomic E-state index is -0.669. The molecule has 8 rings (SSSR count). The van der Waals surface area contributed by atoms with Gasteiger partial charge in [-0.3, -0.25) is 9.59 Å². The molecule has 6 aromatic carbocycles. The normalized spacial score (nSPS) is 11.1. The van der Waals surface area contributed by atoms with E-state index in [1.165, 1.54) is 102 Å². The summed E-state index contributed by atoms with van der Waals surface area (Å²) in [5.74, 6) is 0.0936. The summed E-state index contributed by atoms with van der Waals surface area (Å²) in [6, 6.07) is 48.4. The first-order valence-electron chi connectivity index (χ1n) is 30.9. The standard InChI is InChI=1S/C51H54O6.C23H32O6/c1-2-3-4-5-6-7-8-9-10-23-32-45-35-46(52)50(55-38-42-28-19-13-20-29-42)49(57-45)44-33-47(53-36-40-24-15-11-16-25-40)51(56-39-43-30-21-14-22-31-43)48(34-44)54-37-41-26-17-12-18-27-41;1-2-3-4-5-6-7-8-9-10-11-12-17-15-20(26)22(28)23(29-17)16-13-18(24)21(27)19(25)14-16/h11-35H,2-10,36-39H2,1H3;13-15,24-25,27-28H,2-12H2,1H3. The summed E-state index contributed by atoms with van der Waals surface area (Å²) in [5, 5.41) is 38.8. The van der Waals surface area contributed by atoms with Crippen LogP contribution in [-0.4, -0.2) is 20.4 Å². The lowest BCUT2D eigenvalue weighted by atomic mass is 10.0. The number of hydrogen-bond acceptors (Lipinski definition) is 12. The van der Waals surface area contributed by atoms with Gasteiger partial charge in [-0.1, -0.05) is 244 Å². The van der Waals surface area contributed by atoms with Gasteiger partial charge in [0.25, 0.3) is 0 Å². The van der Waals surface area contributed by atoms with Gasteiger partial charge in [-0.15, -0.1) is 0 Å². The number of rotatable bonds is 35. The largest absolute Gasteiger partial charge is 0.504 e. The van der Waals surface area contributed by atoms with Gasteiger partial charge in [-0.2, -0.15) is 0 Å². The molecule has 86 heavy (non-hydrogen) atoms. The van der Waals surface area contributed by atoms with Crippen LogP contribution in [0.1, 0.15) is 170 Å². The van der Waals surface area contributed by atoms with Crippen molar-refractivity contribution in [1.82, 2.24) is 0 Å². The molecule has 0 aliphatic rings. The van der Waals surface area contributed by atoms with Crippen LogP contribution in [0.25, 0.3) is 28.7 Å². The predicted octanol–water partition coefficient (Wildman–Crippen LogP) is 18.8. The van der Waals surface area contributed by atoms with Crippen molar-refractivity contribution in [2.75, 3.05) is 0 Å². The molecule has 0 unspecified atom stereocenters. The molecule has 0 saturated carbocycles. The third-order valence-electron chi connectivity index (χ3n) is 14.7. The molecule has 2 aromatic heterocycles. The molecule has 0 atom stereocenters. The highest BCUT2D eigenvalue weighted by Gasteiger charge is 2.24. The van der Waals surface area contributed by atoms with Gasteiger partial charge in [0.15, 0.2) is 40.3 Å². The molecule has 12 nitrogen and oxygen atoms in total. The Morgan fingerprint density at radius 2 is 0.802 bits per heavy atom. The second kappa shape index (κ2) is 36.3. The van der Waals surface area contributed by atoms with Gasteiger partial charge in [0.1, 0.15) is 37.9 Å². The van der Waals surface area contributed by atoms with E-state index >= 15 is 0 Å². The second-order valence-corrected chi connectivity index (χ2v) is 21.8. The van der Waals surface area contributed by atoms with Crippen molar-refractivity contribution < 1.29 is 48.2 Å². The van der Waals surface area contributed by atoms with Gasteiger partial charge < -0.3 is 48.2 Å². The Hall–Kier alpha value is -8.64. The molecule has 0 fully saturated rings. The van der Waals surface area contributed by atoms with E-state index in [9.17, 15) is 30.0 Å². The summed E-state index contributed by atoms with van der Waals surface area (Å²) >= 11 is 0. The molecular weight excluding hydrogens is 1080 g/mol. The van der Waals surface area contributed by atoms with Crippen LogP contribution >= 0.6 is 0 Å². The van der Waals surface area contributed by atoms with Gasteiger partial charge in [-0.05, 0) is 71.9 Å². The molecule has 0 spiro atoms. The van der Waals surface area contributed by atoms with Crippen LogP contribution in [0, 0.1) is 0 Å². The quantitative estimate of drug-likeness (QED) is 0.0219. The zero-order chi connectivity index (χ0) is 60.6. The third kappa shape index (κ3) is 21.5. The van der Waals surface area contributed by atoms with Crippen molar-refractivity contribution in [2.24, 2.45) is 0 Å². The summed E-state index contributed by atoms with van der Waals surface area (Å²) in [4.78, 5) is 26.0. The highest BCUT2D eigenvalue weighted by molar-refractivity contribution is 5.73. The minimum Gasteiger partial charge on any atom is -0.504 e. The molecule has 4 N–H and O–H groups in total. The van der Waals surface area contributed by atoms with Crippen LogP contribution in [-0.2, 0) is 32.8 Å². The zero-order valence-electron chi connectivity index (χ0n) is 50.2. The van der Waals surface area contributed by atoms with Crippen molar-refractivity contribution in [2.45, 2.75) is 169 Å². The Morgan fingerprint density at radius 1 is 0.395 bits per heavy atom. The monoisotopic (exact) mass is 1170 g/mol. The molecule has 12 heteroatoms. The van der Waals surface area contributed by atoms with Gasteiger partial charge in [0.2, 0.25) is 28.1 Å². The first-order chi connectivity index (χ1) is 42.1. The number of benzene rings is 6. The van der Waals surface area contributed by atoms with E-state index < -0.39 is 28.4 Å². The summed E-state index contributed by atoms with van der Waals surface area (Å²) < 4.78 is 38.2. The number of phenolic OH excluding ortho intramolecular Hbond substituents is 3. The van der Waals surface area contributed by atoms with Gasteiger partial charge in [0, 0.05) is 29.7 Å². The third-order valence-corrected chi connectivity index (χ3v) is 14.7. The first-order valence-corrected chi connectivity index (χ1v) is 30.9. The van der Waals surface area contributed by atoms with Crippen molar-refractivity contribution in [3.63, 3.8) is 0 Å². The van der Waals surface area contributed by atoms with Crippen LogP contribution in [0.4, 0.5) is 0 Å². The predicted molar refractivity (Wildman–Crippen MR) is 342 cm³/mol. The van der Waals surface area contributed by atoms with E-state index in [4.69, 9.17) is 27.8 Å². The molecule has 0 aliphatic heterocycles. The fourth-order valence-electron chi connectivity index (χ4n) is 9.88. The van der Waals surface area contributed by atoms with E-state index in [2.05, 4.69) is 19.9 Å². The van der Waals surface area contributed by atoms with E-state index in [1.807, 2.05) is 140 Å². The number of unbranched alkanes of at least 4 members (excludes halogenated alkanes) is 17. The number of ether oxygens (including phenoxy) is 4. The first kappa shape index (κ1) is 64.9. The van der Waals surface area contributed by atoms with Crippen LogP contribution < -0.4 is 29.8 Å². The van der Waals surface area contributed by atoms with Crippen molar-refractivity contribution in [3.05, 3.63) is 218 Å². The maximum atomic E-state index is 13.9. The summed E-state index contributed by atoms with van der Waals surface area (Å²) in [5.41, 5.74) is 3.72. The summed E-state index contributed by atoms with van der Waals surface area (Å²) in [7, 11) is 0. The molecule has 454 valence electrons. The molecule has 0 aliphatic carbocycles. The van der Waals surface area contributed by atoms with E-state index in [1.54, 1.807) is 0 Å². The number of hydrogen-bond donors (Lipinski definition) is 4. The fourth-order valence-corrected chi connectivity index (χ4v) is 9.88. The zero-order valence-corrected chi connectivity index (χ0v) is 50.2. The van der Waals surface area contributed by atoms with Crippen molar-refractivity contribution >= 4 is 6.08 Å². The van der Waals surface area contributed by atoms with Crippen LogP contribution in [0.15, 0.2) is 182 Å². The van der Waals surface area contributed by atoms with Gasteiger partial charge in [-0.25, -0.2) is 0 Å². The molecular formula is C74H86O12. The highest BCUT2D eigenvalue weighted by Crippen LogP contribution is 2.45. The van der Waals surface area contributed by atoms with Crippen LogP contribution in [0.2, 0.25) is 0 Å². The number of aryl methyl sites for hydroxylation is 1. The minimum absolute atomic E-state index is 0.109. The Balaban J connectivity index is 0.000000306. The molecule has 8 aromatic rings. The van der Waals surface area contributed by atoms with Crippen LogP contribution in [0.5, 0.6) is 46.0 Å². The van der Waals surface area contributed by atoms with Gasteiger partial charge in [0.05, 0.1) is 0 Å². The average Bonchev–Trinajstić information content (AvgIpc) is 3.24. The summed E-state index contributed by atoms with van der Waals surface area (Å²) in [6.45, 7) is 5.53. The van der Waals surface area contributed by atoms with E-state index in [0.717, 1.165) is 66.5 Å².